The smallest absolute Gasteiger partial charge is 0.347 e. The molecule has 140 valence electrons. The van der Waals surface area contributed by atoms with Gasteiger partial charge in [-0.3, -0.25) is 9.20 Å². The van der Waals surface area contributed by atoms with E-state index in [1.165, 1.54) is 29.7 Å². The second kappa shape index (κ2) is 8.17. The quantitative estimate of drug-likeness (QED) is 0.572. The van der Waals surface area contributed by atoms with Crippen LogP contribution >= 0.6 is 34.8 Å². The minimum Gasteiger partial charge on any atom is -0.477 e. The number of esters is 1. The van der Waals surface area contributed by atoms with E-state index in [1.807, 2.05) is 0 Å². The highest BCUT2D eigenvalue weighted by Gasteiger charge is 2.18. The lowest BCUT2D eigenvalue weighted by Gasteiger charge is -2.15. The number of fused-ring (bicyclic) bond motifs is 1. The number of pyridine rings is 1. The standard InChI is InChI=1S/C18H13Cl3N2O4/c1-10(27-15-4-2-11(19)6-14(15)21)18(25)26-9-13-7-17(24)23-8-12(20)3-5-16(23)22-13/h2-8,10H,9H2,1H3/t10-/m0/s1. The van der Waals surface area contributed by atoms with E-state index in [-0.39, 0.29) is 17.2 Å². The van der Waals surface area contributed by atoms with E-state index in [0.29, 0.717) is 27.1 Å². The SMILES string of the molecule is C[C@H](Oc1ccc(Cl)cc1Cl)C(=O)OCc1cc(=O)n2cc(Cl)ccc2n1. The zero-order valence-corrected chi connectivity index (χ0v) is 16.3. The summed E-state index contributed by atoms with van der Waals surface area (Å²) in [5.74, 6) is -0.316. The van der Waals surface area contributed by atoms with Gasteiger partial charge in [-0.15, -0.1) is 0 Å². The molecule has 0 bridgehead atoms. The highest BCUT2D eigenvalue weighted by atomic mass is 35.5. The molecular formula is C18H13Cl3N2O4. The fourth-order valence-electron chi connectivity index (χ4n) is 2.27. The van der Waals surface area contributed by atoms with E-state index in [2.05, 4.69) is 4.98 Å². The third-order valence-electron chi connectivity index (χ3n) is 3.57. The molecule has 1 aromatic carbocycles. The number of halogens is 3. The van der Waals surface area contributed by atoms with Crippen molar-refractivity contribution in [3.63, 3.8) is 0 Å². The van der Waals surface area contributed by atoms with Gasteiger partial charge in [0.2, 0.25) is 0 Å². The number of carbonyl (C=O) groups excluding carboxylic acids is 1. The van der Waals surface area contributed by atoms with Crippen molar-refractivity contribution in [2.24, 2.45) is 0 Å². The van der Waals surface area contributed by atoms with Gasteiger partial charge in [0.25, 0.3) is 5.56 Å². The predicted molar refractivity (Wildman–Crippen MR) is 103 cm³/mol. The van der Waals surface area contributed by atoms with Gasteiger partial charge >= 0.3 is 5.97 Å². The largest absolute Gasteiger partial charge is 0.477 e. The van der Waals surface area contributed by atoms with Crippen LogP contribution in [0.15, 0.2) is 47.4 Å². The molecular weight excluding hydrogens is 415 g/mol. The Morgan fingerprint density at radius 2 is 1.89 bits per heavy atom. The number of rotatable bonds is 5. The Bertz CT molecular complexity index is 1070. The van der Waals surface area contributed by atoms with Crippen LogP contribution in [0.4, 0.5) is 0 Å². The molecule has 0 aliphatic heterocycles. The lowest BCUT2D eigenvalue weighted by atomic mass is 10.3. The van der Waals surface area contributed by atoms with Crippen LogP contribution in [0.5, 0.6) is 5.75 Å². The molecule has 0 aliphatic rings. The molecule has 0 aliphatic carbocycles. The molecule has 0 radical (unpaired) electrons. The van der Waals surface area contributed by atoms with Crippen LogP contribution in [0.2, 0.25) is 15.1 Å². The molecule has 1 atom stereocenters. The number of nitrogens with zero attached hydrogens (tertiary/aromatic N) is 2. The summed E-state index contributed by atoms with van der Waals surface area (Å²) in [7, 11) is 0. The summed E-state index contributed by atoms with van der Waals surface area (Å²) in [4.78, 5) is 28.5. The molecule has 3 aromatic rings. The van der Waals surface area contributed by atoms with E-state index < -0.39 is 12.1 Å². The zero-order chi connectivity index (χ0) is 19.6. The second-order valence-corrected chi connectivity index (χ2v) is 6.88. The molecule has 2 heterocycles. The number of aromatic nitrogens is 2. The van der Waals surface area contributed by atoms with Crippen molar-refractivity contribution < 1.29 is 14.3 Å². The molecule has 6 nitrogen and oxygen atoms in total. The molecule has 0 fully saturated rings. The first-order valence-electron chi connectivity index (χ1n) is 7.79. The molecule has 3 rings (SSSR count). The molecule has 0 unspecified atom stereocenters. The molecule has 0 amide bonds. The van der Waals surface area contributed by atoms with Crippen LogP contribution in [0.3, 0.4) is 0 Å². The number of ether oxygens (including phenoxy) is 2. The molecule has 0 spiro atoms. The van der Waals surface area contributed by atoms with Crippen LogP contribution in [0.1, 0.15) is 12.6 Å². The molecule has 27 heavy (non-hydrogen) atoms. The van der Waals surface area contributed by atoms with Crippen LogP contribution in [-0.4, -0.2) is 21.5 Å². The number of hydrogen-bond acceptors (Lipinski definition) is 5. The van der Waals surface area contributed by atoms with Crippen LogP contribution in [0, 0.1) is 0 Å². The van der Waals surface area contributed by atoms with Crippen molar-refractivity contribution in [2.45, 2.75) is 19.6 Å². The Labute approximate surface area is 169 Å². The van der Waals surface area contributed by atoms with Crippen LogP contribution in [-0.2, 0) is 16.1 Å². The van der Waals surface area contributed by atoms with Crippen molar-refractivity contribution in [1.82, 2.24) is 9.38 Å². The molecule has 0 saturated heterocycles. The second-order valence-electron chi connectivity index (χ2n) is 5.60. The lowest BCUT2D eigenvalue weighted by Crippen LogP contribution is -2.26. The normalized spacial score (nSPS) is 12.0. The number of benzene rings is 1. The summed E-state index contributed by atoms with van der Waals surface area (Å²) in [6.07, 6.45) is 0.553. The van der Waals surface area contributed by atoms with E-state index >= 15 is 0 Å². The van der Waals surface area contributed by atoms with Crippen molar-refractivity contribution >= 4 is 46.4 Å². The van der Waals surface area contributed by atoms with Crippen molar-refractivity contribution in [3.8, 4) is 5.75 Å². The Kier molecular flexibility index (Phi) is 5.89. The first-order chi connectivity index (χ1) is 12.8. The Morgan fingerprint density at radius 3 is 2.63 bits per heavy atom. The van der Waals surface area contributed by atoms with Gasteiger partial charge in [0.1, 0.15) is 18.0 Å². The van der Waals surface area contributed by atoms with E-state index in [0.717, 1.165) is 0 Å². The van der Waals surface area contributed by atoms with Gasteiger partial charge < -0.3 is 9.47 Å². The third-order valence-corrected chi connectivity index (χ3v) is 4.32. The molecule has 0 saturated carbocycles. The number of hydrogen-bond donors (Lipinski definition) is 0. The fraction of sp³-hybridized carbons (Fsp3) is 0.167. The summed E-state index contributed by atoms with van der Waals surface area (Å²) in [5.41, 5.74) is 0.383. The first-order valence-corrected chi connectivity index (χ1v) is 8.93. The third kappa shape index (κ3) is 4.71. The maximum absolute atomic E-state index is 12.1. The topological polar surface area (TPSA) is 69.9 Å². The van der Waals surface area contributed by atoms with Gasteiger partial charge in [0.15, 0.2) is 6.10 Å². The minimum atomic E-state index is -0.913. The monoisotopic (exact) mass is 426 g/mol. The van der Waals surface area contributed by atoms with Gasteiger partial charge in [-0.05, 0) is 37.3 Å². The van der Waals surface area contributed by atoms with Gasteiger partial charge in [0, 0.05) is 17.3 Å². The average molecular weight is 428 g/mol. The predicted octanol–water partition coefficient (Wildman–Crippen LogP) is 4.17. The van der Waals surface area contributed by atoms with Crippen molar-refractivity contribution in [2.75, 3.05) is 0 Å². The summed E-state index contributed by atoms with van der Waals surface area (Å²) in [6, 6.07) is 9.16. The van der Waals surface area contributed by atoms with Crippen molar-refractivity contribution in [1.29, 1.82) is 0 Å². The molecule has 9 heteroatoms. The van der Waals surface area contributed by atoms with E-state index in [1.54, 1.807) is 24.3 Å². The Hall–Kier alpha value is -2.28. The fourth-order valence-corrected chi connectivity index (χ4v) is 2.89. The van der Waals surface area contributed by atoms with Crippen molar-refractivity contribution in [3.05, 3.63) is 73.7 Å². The summed E-state index contributed by atoms with van der Waals surface area (Å²) < 4.78 is 12.0. The summed E-state index contributed by atoms with van der Waals surface area (Å²) in [6.45, 7) is 1.35. The lowest BCUT2D eigenvalue weighted by molar-refractivity contribution is -0.152. The maximum Gasteiger partial charge on any atom is 0.347 e. The van der Waals surface area contributed by atoms with Gasteiger partial charge in [-0.2, -0.15) is 0 Å². The number of carbonyl (C=O) groups is 1. The zero-order valence-electron chi connectivity index (χ0n) is 14.0. The summed E-state index contributed by atoms with van der Waals surface area (Å²) in [5, 5.41) is 1.15. The van der Waals surface area contributed by atoms with Gasteiger partial charge in [-0.25, -0.2) is 9.78 Å². The van der Waals surface area contributed by atoms with Gasteiger partial charge in [-0.1, -0.05) is 34.8 Å². The molecule has 2 aromatic heterocycles. The van der Waals surface area contributed by atoms with Gasteiger partial charge in [0.05, 0.1) is 15.7 Å². The highest BCUT2D eigenvalue weighted by Crippen LogP contribution is 2.28. The summed E-state index contributed by atoms with van der Waals surface area (Å²) >= 11 is 17.7. The van der Waals surface area contributed by atoms with Crippen LogP contribution < -0.4 is 10.3 Å². The highest BCUT2D eigenvalue weighted by molar-refractivity contribution is 6.35. The maximum atomic E-state index is 12.1. The van der Waals surface area contributed by atoms with Crippen LogP contribution in [0.25, 0.3) is 5.65 Å². The van der Waals surface area contributed by atoms with E-state index in [4.69, 9.17) is 44.3 Å². The first kappa shape index (κ1) is 19.5. The van der Waals surface area contributed by atoms with E-state index in [9.17, 15) is 9.59 Å². The Balaban J connectivity index is 1.67. The Morgan fingerprint density at radius 1 is 1.15 bits per heavy atom. The minimum absolute atomic E-state index is 0.171. The molecule has 0 N–H and O–H groups in total. The average Bonchev–Trinajstić information content (AvgIpc) is 2.62.